The van der Waals surface area contributed by atoms with Crippen LogP contribution in [0.2, 0.25) is 0 Å². The first-order chi connectivity index (χ1) is 19.6. The van der Waals surface area contributed by atoms with Crippen molar-refractivity contribution in [1.29, 1.82) is 0 Å². The lowest BCUT2D eigenvalue weighted by molar-refractivity contribution is -0.120. The summed E-state index contributed by atoms with van der Waals surface area (Å²) >= 11 is 0. The number of aryl methyl sites for hydroxylation is 1. The summed E-state index contributed by atoms with van der Waals surface area (Å²) in [5, 5.41) is 16.6. The number of H-pyrrole nitrogens is 2. The largest absolute Gasteiger partial charge is 0.388 e. The second-order valence-electron chi connectivity index (χ2n) is 9.77. The number of amides is 1. The van der Waals surface area contributed by atoms with Crippen LogP contribution < -0.4 is 27.7 Å². The van der Waals surface area contributed by atoms with E-state index in [0.717, 1.165) is 5.56 Å². The Morgan fingerprint density at radius 2 is 2.07 bits per heavy atom. The molecule has 0 spiro atoms. The first kappa shape index (κ1) is 28.4. The molecule has 9 N–H and O–H groups in total. The van der Waals surface area contributed by atoms with Gasteiger partial charge in [-0.25, -0.2) is 23.4 Å². The number of aliphatic hydroxyl groups is 1. The third kappa shape index (κ3) is 6.45. The van der Waals surface area contributed by atoms with Gasteiger partial charge in [0.05, 0.1) is 35.9 Å². The number of ether oxygens (including phenoxy) is 1. The van der Waals surface area contributed by atoms with Crippen LogP contribution >= 0.6 is 0 Å². The molecule has 1 aliphatic rings. The number of sulfone groups is 1. The number of nitrogens with zero attached hydrogens (tertiary/aromatic N) is 5. The van der Waals surface area contributed by atoms with Gasteiger partial charge in [0, 0.05) is 25.7 Å². The minimum Gasteiger partial charge on any atom is -0.388 e. The highest BCUT2D eigenvalue weighted by atomic mass is 32.2. The number of aliphatic hydroxyl groups excluding tert-OH is 1. The Morgan fingerprint density at radius 1 is 1.24 bits per heavy atom. The summed E-state index contributed by atoms with van der Waals surface area (Å²) in [6.45, 7) is 0.398. The van der Waals surface area contributed by atoms with Crippen molar-refractivity contribution in [3.8, 4) is 0 Å². The minimum atomic E-state index is -3.54. The summed E-state index contributed by atoms with van der Waals surface area (Å²) in [5.41, 5.74) is 13.0. The number of anilines is 2. The van der Waals surface area contributed by atoms with Gasteiger partial charge >= 0.3 is 0 Å². The molecule has 41 heavy (non-hydrogen) atoms. The molecule has 1 fully saturated rings. The van der Waals surface area contributed by atoms with Gasteiger partial charge in [-0.3, -0.25) is 19.1 Å². The predicted octanol–water partition coefficient (Wildman–Crippen LogP) is -2.04. The third-order valence-electron chi connectivity index (χ3n) is 6.73. The lowest BCUT2D eigenvalue weighted by Gasteiger charge is -2.17. The fourth-order valence-electron chi connectivity index (χ4n) is 4.83. The van der Waals surface area contributed by atoms with Crippen molar-refractivity contribution in [3.05, 3.63) is 34.8 Å². The van der Waals surface area contributed by atoms with Crippen molar-refractivity contribution in [2.45, 2.75) is 37.7 Å². The zero-order chi connectivity index (χ0) is 29.1. The molecule has 0 saturated carbocycles. The Morgan fingerprint density at radius 3 is 2.90 bits per heavy atom. The van der Waals surface area contributed by atoms with E-state index in [1.807, 2.05) is 0 Å². The van der Waals surface area contributed by atoms with Crippen molar-refractivity contribution in [3.63, 3.8) is 0 Å². The number of hydrogen-bond donors (Lipinski definition) is 7. The summed E-state index contributed by atoms with van der Waals surface area (Å²) in [7, 11) is -3.54. The molecule has 3 atom stereocenters. The molecular weight excluding hydrogens is 558 g/mol. The van der Waals surface area contributed by atoms with Gasteiger partial charge in [0.15, 0.2) is 27.5 Å². The quantitative estimate of drug-likeness (QED) is 0.0879. The highest BCUT2D eigenvalue weighted by Crippen LogP contribution is 2.32. The molecule has 5 rings (SSSR count). The molecule has 0 aliphatic carbocycles. The number of aromatic nitrogens is 7. The van der Waals surface area contributed by atoms with Crippen molar-refractivity contribution < 1.29 is 23.1 Å². The van der Waals surface area contributed by atoms with Crippen LogP contribution in [-0.2, 0) is 25.8 Å². The molecule has 4 aromatic heterocycles. The normalized spacial score (nSPS) is 19.3. The van der Waals surface area contributed by atoms with Crippen molar-refractivity contribution in [1.82, 2.24) is 45.1 Å². The van der Waals surface area contributed by atoms with Gasteiger partial charge in [-0.05, 0) is 18.4 Å². The van der Waals surface area contributed by atoms with Gasteiger partial charge in [0.1, 0.15) is 23.6 Å². The zero-order valence-corrected chi connectivity index (χ0v) is 22.7. The van der Waals surface area contributed by atoms with Crippen LogP contribution in [0.3, 0.4) is 0 Å². The lowest BCUT2D eigenvalue weighted by atomic mass is 10.1. The second-order valence-corrected chi connectivity index (χ2v) is 12.0. The number of aromatic amines is 2. The summed E-state index contributed by atoms with van der Waals surface area (Å²) in [4.78, 5) is 45.9. The number of nitrogens with one attached hydrogen (secondary N) is 4. The van der Waals surface area contributed by atoms with E-state index in [1.165, 1.54) is 17.2 Å². The van der Waals surface area contributed by atoms with Crippen LogP contribution in [0.25, 0.3) is 22.2 Å². The summed E-state index contributed by atoms with van der Waals surface area (Å²) in [6, 6.07) is 0. The summed E-state index contributed by atoms with van der Waals surface area (Å²) < 4.78 is 32.7. The fraction of sp³-hybridized carbons (Fsp3) is 0.478. The molecule has 4 aromatic rings. The molecule has 1 amide bonds. The van der Waals surface area contributed by atoms with E-state index >= 15 is 0 Å². The molecule has 0 radical (unpaired) electrons. The van der Waals surface area contributed by atoms with Crippen molar-refractivity contribution >= 4 is 49.7 Å². The topological polar surface area (TPSA) is 262 Å². The van der Waals surface area contributed by atoms with E-state index in [-0.39, 0.29) is 54.2 Å². The average molecular weight is 590 g/mol. The number of nitrogens with two attached hydrogens (primary N) is 2. The van der Waals surface area contributed by atoms with E-state index in [9.17, 15) is 23.1 Å². The maximum absolute atomic E-state index is 12.7. The van der Waals surface area contributed by atoms with Crippen LogP contribution in [0.5, 0.6) is 0 Å². The standard InChI is InChI=1S/C23H31N11O6S/c24-18-17-20(30-10-29-18)34(11-31-17)22-14(35)6-13(40-22)9-41(38,39)5-4-26-8-15(36)27-3-1-2-12-7-28-19-16(12)21(37)33-23(25)32-19/h7,10-11,13-14,22,26,35H,1-6,8-9H2,(H,27,36)(H2,24,29,30)(H4,25,28,32,33,37)/t13-,14-,22+/m0/s1. The monoisotopic (exact) mass is 589 g/mol. The Balaban J connectivity index is 1.01. The van der Waals surface area contributed by atoms with Crippen LogP contribution in [0.4, 0.5) is 11.8 Å². The Kier molecular flexibility index (Phi) is 8.15. The van der Waals surface area contributed by atoms with E-state index in [4.69, 9.17) is 16.2 Å². The van der Waals surface area contributed by atoms with Crippen molar-refractivity contribution in [2.75, 3.05) is 42.6 Å². The molecule has 17 nitrogen and oxygen atoms in total. The van der Waals surface area contributed by atoms with Gasteiger partial charge in [0.25, 0.3) is 5.56 Å². The number of rotatable bonds is 12. The van der Waals surface area contributed by atoms with E-state index < -0.39 is 28.3 Å². The number of hydrogen-bond acceptors (Lipinski definition) is 13. The number of imidazole rings is 1. The molecular formula is C23H31N11O6S. The molecule has 18 heteroatoms. The Labute approximate surface area is 233 Å². The first-order valence-corrected chi connectivity index (χ1v) is 14.7. The number of carbonyl (C=O) groups is 1. The maximum Gasteiger partial charge on any atom is 0.262 e. The minimum absolute atomic E-state index is 0.0319. The zero-order valence-electron chi connectivity index (χ0n) is 21.9. The molecule has 0 bridgehead atoms. The average Bonchev–Trinajstić information content (AvgIpc) is 3.61. The van der Waals surface area contributed by atoms with E-state index in [2.05, 4.69) is 40.5 Å². The fourth-order valence-corrected chi connectivity index (χ4v) is 6.23. The maximum atomic E-state index is 12.7. The second kappa shape index (κ2) is 11.8. The number of fused-ring (bicyclic) bond motifs is 2. The molecule has 220 valence electrons. The lowest BCUT2D eigenvalue weighted by Crippen LogP contribution is -2.37. The van der Waals surface area contributed by atoms with Crippen molar-refractivity contribution in [2.24, 2.45) is 0 Å². The van der Waals surface area contributed by atoms with Crippen LogP contribution in [0, 0.1) is 0 Å². The van der Waals surface area contributed by atoms with Crippen LogP contribution in [0.1, 0.15) is 24.6 Å². The van der Waals surface area contributed by atoms with Gasteiger partial charge < -0.3 is 36.9 Å². The highest BCUT2D eigenvalue weighted by Gasteiger charge is 2.38. The highest BCUT2D eigenvalue weighted by molar-refractivity contribution is 7.91. The molecule has 1 saturated heterocycles. The summed E-state index contributed by atoms with van der Waals surface area (Å²) in [6.07, 6.45) is 3.10. The number of carbonyl (C=O) groups excluding carboxylic acids is 1. The van der Waals surface area contributed by atoms with Crippen LogP contribution in [-0.4, -0.2) is 97.3 Å². The Hall–Kier alpha value is -4.13. The molecule has 0 aromatic carbocycles. The van der Waals surface area contributed by atoms with Gasteiger partial charge in [-0.2, -0.15) is 4.98 Å². The summed E-state index contributed by atoms with van der Waals surface area (Å²) in [5.74, 6) is -0.544. The number of nitrogen functional groups attached to an aromatic ring is 2. The van der Waals surface area contributed by atoms with Gasteiger partial charge in [-0.15, -0.1) is 0 Å². The van der Waals surface area contributed by atoms with Gasteiger partial charge in [0.2, 0.25) is 11.9 Å². The third-order valence-corrected chi connectivity index (χ3v) is 8.43. The van der Waals surface area contributed by atoms with E-state index in [0.29, 0.717) is 41.6 Å². The Bertz CT molecular complexity index is 1720. The molecule has 0 unspecified atom stereocenters. The van der Waals surface area contributed by atoms with Gasteiger partial charge in [-0.1, -0.05) is 0 Å². The predicted molar refractivity (Wildman–Crippen MR) is 148 cm³/mol. The molecule has 1 aliphatic heterocycles. The smallest absolute Gasteiger partial charge is 0.262 e. The first-order valence-electron chi connectivity index (χ1n) is 12.9. The SMILES string of the molecule is Nc1nc2[nH]cc(CCCNC(=O)CNCCS(=O)(=O)C[C@@H]3C[C@H](O)[C@H](n4cnc5c(N)ncnc54)O3)c2c(=O)[nH]1. The molecule has 5 heterocycles. The van der Waals surface area contributed by atoms with Crippen LogP contribution in [0.15, 0.2) is 23.6 Å². The van der Waals surface area contributed by atoms with E-state index in [1.54, 1.807) is 6.20 Å².